The molecule has 26 heavy (non-hydrogen) atoms. The molecule has 0 aliphatic rings. The lowest BCUT2D eigenvalue weighted by atomic mass is 9.94. The van der Waals surface area contributed by atoms with Gasteiger partial charge in [-0.15, -0.1) is 0 Å². The molecule has 0 saturated heterocycles. The van der Waals surface area contributed by atoms with Gasteiger partial charge in [-0.3, -0.25) is 0 Å². The molecule has 0 N–H and O–H groups in total. The smallest absolute Gasteiger partial charge is 0.167 e. The van der Waals surface area contributed by atoms with E-state index >= 15 is 0 Å². The summed E-state index contributed by atoms with van der Waals surface area (Å²) in [5.74, 6) is -1.14. The van der Waals surface area contributed by atoms with E-state index in [4.69, 9.17) is 0 Å². The Morgan fingerprint density at radius 3 is 1.58 bits per heavy atom. The first-order valence-corrected chi connectivity index (χ1v) is 8.66. The highest BCUT2D eigenvalue weighted by Crippen LogP contribution is 2.32. The molecule has 0 saturated carbocycles. The van der Waals surface area contributed by atoms with Crippen molar-refractivity contribution in [2.24, 2.45) is 0 Å². The number of benzene rings is 3. The van der Waals surface area contributed by atoms with Gasteiger partial charge in [0.2, 0.25) is 0 Å². The van der Waals surface area contributed by atoms with E-state index in [0.717, 1.165) is 12.0 Å². The molecule has 1 atom stereocenters. The highest BCUT2D eigenvalue weighted by molar-refractivity contribution is 5.72. The van der Waals surface area contributed by atoms with Gasteiger partial charge < -0.3 is 0 Å². The number of rotatable bonds is 4. The molecule has 0 nitrogen and oxygen atoms in total. The second-order valence-corrected chi connectivity index (χ2v) is 6.59. The third-order valence-electron chi connectivity index (χ3n) is 4.85. The molecule has 0 amide bonds. The Labute approximate surface area is 155 Å². The van der Waals surface area contributed by atoms with Gasteiger partial charge >= 0.3 is 0 Å². The second-order valence-electron chi connectivity index (χ2n) is 6.59. The molecule has 0 spiro atoms. The fraction of sp³-hybridized carbons (Fsp3) is 0.250. The first kappa shape index (κ1) is 19.8. The summed E-state index contributed by atoms with van der Waals surface area (Å²) >= 11 is 0. The lowest BCUT2D eigenvalue weighted by molar-refractivity contribution is 0.514. The quantitative estimate of drug-likeness (QED) is 0.450. The van der Waals surface area contributed by atoms with E-state index in [-0.39, 0.29) is 13.0 Å². The maximum absolute atomic E-state index is 14.7. The number of aryl methyl sites for hydroxylation is 1. The van der Waals surface area contributed by atoms with E-state index in [1.54, 1.807) is 12.1 Å². The molecule has 2 heteroatoms. The number of halogens is 2. The van der Waals surface area contributed by atoms with Gasteiger partial charge in [-0.2, -0.15) is 0 Å². The van der Waals surface area contributed by atoms with E-state index in [1.807, 2.05) is 55.5 Å². The minimum atomic E-state index is -0.799. The third-order valence-corrected chi connectivity index (χ3v) is 4.85. The fourth-order valence-electron chi connectivity index (χ4n) is 2.96. The standard InChI is InChI=1S/C23H22F2.CH4/c1-4-16(3)17-9-11-19(12-10-17)21-14-13-20(22(24)23(21)25)18-7-5-15(2)6-8-18;/h5-14,16H,4H2,1-3H3;1H4. The first-order valence-electron chi connectivity index (χ1n) is 8.66. The van der Waals surface area contributed by atoms with Gasteiger partial charge in [0.15, 0.2) is 11.6 Å². The summed E-state index contributed by atoms with van der Waals surface area (Å²) in [4.78, 5) is 0. The Balaban J connectivity index is 0.00000243. The summed E-state index contributed by atoms with van der Waals surface area (Å²) in [6.45, 7) is 6.26. The molecule has 0 radical (unpaired) electrons. The number of hydrogen-bond acceptors (Lipinski definition) is 0. The molecule has 0 aliphatic carbocycles. The van der Waals surface area contributed by atoms with Crippen LogP contribution in [0.4, 0.5) is 8.78 Å². The predicted molar refractivity (Wildman–Crippen MR) is 107 cm³/mol. The SMILES string of the molecule is C.CCC(C)c1ccc(-c2ccc(-c3ccc(C)cc3)c(F)c2F)cc1. The Hall–Kier alpha value is -2.48. The highest BCUT2D eigenvalue weighted by Gasteiger charge is 2.16. The van der Waals surface area contributed by atoms with Crippen molar-refractivity contribution in [2.45, 2.75) is 40.5 Å². The minimum Gasteiger partial charge on any atom is -0.203 e. The van der Waals surface area contributed by atoms with E-state index in [0.29, 0.717) is 22.6 Å². The Bertz CT molecular complexity index is 862. The van der Waals surface area contributed by atoms with Gasteiger partial charge in [-0.1, -0.05) is 87.5 Å². The summed E-state index contributed by atoms with van der Waals surface area (Å²) in [6.07, 6.45) is 1.05. The van der Waals surface area contributed by atoms with Crippen LogP contribution in [0.2, 0.25) is 0 Å². The summed E-state index contributed by atoms with van der Waals surface area (Å²) in [7, 11) is 0. The third kappa shape index (κ3) is 3.85. The summed E-state index contributed by atoms with van der Waals surface area (Å²) < 4.78 is 29.3. The van der Waals surface area contributed by atoms with Gasteiger partial charge in [0.1, 0.15) is 0 Å². The molecule has 0 aromatic heterocycles. The maximum atomic E-state index is 14.7. The summed E-state index contributed by atoms with van der Waals surface area (Å²) in [5, 5.41) is 0. The molecule has 0 heterocycles. The van der Waals surface area contributed by atoms with Crippen LogP contribution in [0.25, 0.3) is 22.3 Å². The van der Waals surface area contributed by atoms with Crippen molar-refractivity contribution in [3.05, 3.63) is 83.4 Å². The van der Waals surface area contributed by atoms with Crippen LogP contribution in [0, 0.1) is 18.6 Å². The normalized spacial score (nSPS) is 11.7. The topological polar surface area (TPSA) is 0 Å². The first-order chi connectivity index (χ1) is 12.0. The molecule has 3 rings (SSSR count). The summed E-state index contributed by atoms with van der Waals surface area (Å²) in [6, 6.07) is 18.5. The van der Waals surface area contributed by atoms with E-state index < -0.39 is 11.6 Å². The van der Waals surface area contributed by atoms with E-state index in [1.165, 1.54) is 5.56 Å². The molecule has 1 unspecified atom stereocenters. The minimum absolute atomic E-state index is 0. The van der Waals surface area contributed by atoms with Crippen LogP contribution >= 0.6 is 0 Å². The van der Waals surface area contributed by atoms with Crippen LogP contribution in [0.5, 0.6) is 0 Å². The zero-order valence-corrected chi connectivity index (χ0v) is 14.8. The average molecular weight is 352 g/mol. The van der Waals surface area contributed by atoms with Crippen molar-refractivity contribution in [1.82, 2.24) is 0 Å². The van der Waals surface area contributed by atoms with E-state index in [2.05, 4.69) is 13.8 Å². The van der Waals surface area contributed by atoms with Gasteiger partial charge in [0.05, 0.1) is 0 Å². The van der Waals surface area contributed by atoms with Crippen molar-refractivity contribution in [2.75, 3.05) is 0 Å². The van der Waals surface area contributed by atoms with Crippen LogP contribution in [0.1, 0.15) is 44.7 Å². The second kappa shape index (κ2) is 8.27. The van der Waals surface area contributed by atoms with Crippen molar-refractivity contribution in [3.63, 3.8) is 0 Å². The van der Waals surface area contributed by atoms with Crippen LogP contribution in [0.3, 0.4) is 0 Å². The maximum Gasteiger partial charge on any atom is 0.167 e. The monoisotopic (exact) mass is 352 g/mol. The van der Waals surface area contributed by atoms with Gasteiger partial charge in [0, 0.05) is 11.1 Å². The molecule has 3 aromatic carbocycles. The van der Waals surface area contributed by atoms with Crippen molar-refractivity contribution >= 4 is 0 Å². The largest absolute Gasteiger partial charge is 0.203 e. The lowest BCUT2D eigenvalue weighted by Crippen LogP contribution is -1.95. The average Bonchev–Trinajstić information content (AvgIpc) is 2.64. The van der Waals surface area contributed by atoms with Crippen LogP contribution in [-0.2, 0) is 0 Å². The molecular formula is C24H26F2. The van der Waals surface area contributed by atoms with Crippen LogP contribution in [0.15, 0.2) is 60.7 Å². The van der Waals surface area contributed by atoms with Crippen LogP contribution in [-0.4, -0.2) is 0 Å². The molecule has 136 valence electrons. The predicted octanol–water partition coefficient (Wildman–Crippen LogP) is 7.76. The fourth-order valence-corrected chi connectivity index (χ4v) is 2.96. The lowest BCUT2D eigenvalue weighted by Gasteiger charge is -2.12. The zero-order valence-electron chi connectivity index (χ0n) is 14.8. The highest BCUT2D eigenvalue weighted by atomic mass is 19.2. The molecule has 0 bridgehead atoms. The molecule has 0 fully saturated rings. The number of hydrogen-bond donors (Lipinski definition) is 0. The Kier molecular flexibility index (Phi) is 6.31. The zero-order chi connectivity index (χ0) is 18.0. The molecule has 3 aromatic rings. The van der Waals surface area contributed by atoms with Gasteiger partial charge in [-0.05, 0) is 36.0 Å². The van der Waals surface area contributed by atoms with Crippen LogP contribution < -0.4 is 0 Å². The van der Waals surface area contributed by atoms with Crippen molar-refractivity contribution in [1.29, 1.82) is 0 Å². The Morgan fingerprint density at radius 2 is 1.15 bits per heavy atom. The summed E-state index contributed by atoms with van der Waals surface area (Å²) in [5.41, 5.74) is 4.26. The van der Waals surface area contributed by atoms with E-state index in [9.17, 15) is 8.78 Å². The Morgan fingerprint density at radius 1 is 0.731 bits per heavy atom. The van der Waals surface area contributed by atoms with Crippen molar-refractivity contribution < 1.29 is 8.78 Å². The van der Waals surface area contributed by atoms with Gasteiger partial charge in [0.25, 0.3) is 0 Å². The van der Waals surface area contributed by atoms with Crippen molar-refractivity contribution in [3.8, 4) is 22.3 Å². The molecular weight excluding hydrogens is 326 g/mol. The van der Waals surface area contributed by atoms with Gasteiger partial charge in [-0.25, -0.2) is 8.78 Å². The molecule has 0 aliphatic heterocycles.